The number of aliphatic hydroxyl groups is 1. The summed E-state index contributed by atoms with van der Waals surface area (Å²) >= 11 is 5.61. The van der Waals surface area contributed by atoms with Crippen LogP contribution in [0.3, 0.4) is 0 Å². The highest BCUT2D eigenvalue weighted by Gasteiger charge is 2.21. The maximum atomic E-state index is 11.5. The molecule has 0 aliphatic heterocycles. The molecule has 0 fully saturated rings. The van der Waals surface area contributed by atoms with Crippen molar-refractivity contribution < 1.29 is 19.4 Å². The van der Waals surface area contributed by atoms with Crippen LogP contribution in [0, 0.1) is 0 Å². The highest BCUT2D eigenvalue weighted by atomic mass is 35.5. The third-order valence-electron chi connectivity index (χ3n) is 1.87. The van der Waals surface area contributed by atoms with E-state index in [4.69, 9.17) is 16.7 Å². The zero-order chi connectivity index (χ0) is 12.1. The first kappa shape index (κ1) is 12.5. The summed E-state index contributed by atoms with van der Waals surface area (Å²) < 4.78 is 4.40. The van der Waals surface area contributed by atoms with E-state index in [0.717, 1.165) is 0 Å². The van der Waals surface area contributed by atoms with Crippen LogP contribution < -0.4 is 5.32 Å². The van der Waals surface area contributed by atoms with Crippen LogP contribution in [0.15, 0.2) is 12.3 Å². The Kier molecular flexibility index (Phi) is 4.33. The van der Waals surface area contributed by atoms with Gasteiger partial charge >= 0.3 is 5.97 Å². The van der Waals surface area contributed by atoms with E-state index in [1.165, 1.54) is 19.4 Å². The number of hydrogen-bond donors (Lipinski definition) is 3. The van der Waals surface area contributed by atoms with E-state index in [1.54, 1.807) is 0 Å². The Balaban J connectivity index is 2.66. The first-order valence-electron chi connectivity index (χ1n) is 4.42. The van der Waals surface area contributed by atoms with E-state index >= 15 is 0 Å². The molecule has 0 saturated heterocycles. The molecule has 3 N–H and O–H groups in total. The summed E-state index contributed by atoms with van der Waals surface area (Å²) in [6.45, 7) is -0.535. The van der Waals surface area contributed by atoms with Crippen molar-refractivity contribution in [1.29, 1.82) is 0 Å². The molecular formula is C9H11ClN2O4. The van der Waals surface area contributed by atoms with Crippen LogP contribution >= 0.6 is 11.6 Å². The monoisotopic (exact) mass is 246 g/mol. The number of carbonyl (C=O) groups excluding carboxylic acids is 2. The van der Waals surface area contributed by atoms with Crippen molar-refractivity contribution in [3.8, 4) is 0 Å². The summed E-state index contributed by atoms with van der Waals surface area (Å²) in [7, 11) is 1.17. The lowest BCUT2D eigenvalue weighted by atomic mass is 10.3. The van der Waals surface area contributed by atoms with Gasteiger partial charge in [0.15, 0.2) is 6.04 Å². The molecule has 1 amide bonds. The summed E-state index contributed by atoms with van der Waals surface area (Å²) in [4.78, 5) is 25.2. The Hall–Kier alpha value is -1.53. The van der Waals surface area contributed by atoms with E-state index in [0.29, 0.717) is 5.02 Å². The molecule has 0 spiro atoms. The van der Waals surface area contributed by atoms with Gasteiger partial charge in [-0.15, -0.1) is 0 Å². The molecule has 0 aromatic carbocycles. The molecule has 1 aromatic rings. The van der Waals surface area contributed by atoms with Crippen LogP contribution in [0.2, 0.25) is 5.02 Å². The van der Waals surface area contributed by atoms with Crippen LogP contribution in [0.25, 0.3) is 0 Å². The Bertz CT molecular complexity index is 391. The first-order valence-corrected chi connectivity index (χ1v) is 4.79. The third-order valence-corrected chi connectivity index (χ3v) is 2.08. The number of nitrogens with one attached hydrogen (secondary N) is 2. The minimum absolute atomic E-state index is 0.201. The number of halogens is 1. The number of hydrogen-bond acceptors (Lipinski definition) is 4. The van der Waals surface area contributed by atoms with Crippen molar-refractivity contribution in [3.63, 3.8) is 0 Å². The van der Waals surface area contributed by atoms with Crippen molar-refractivity contribution in [1.82, 2.24) is 10.3 Å². The molecule has 0 bridgehead atoms. The average molecular weight is 247 g/mol. The van der Waals surface area contributed by atoms with Crippen LogP contribution in [-0.2, 0) is 9.53 Å². The second-order valence-corrected chi connectivity index (χ2v) is 3.40. The van der Waals surface area contributed by atoms with Gasteiger partial charge in [-0.05, 0) is 6.07 Å². The number of rotatable bonds is 4. The molecule has 0 saturated carbocycles. The number of carbonyl (C=O) groups is 2. The molecule has 16 heavy (non-hydrogen) atoms. The van der Waals surface area contributed by atoms with Gasteiger partial charge in [0.2, 0.25) is 0 Å². The number of ether oxygens (including phenoxy) is 1. The van der Waals surface area contributed by atoms with Gasteiger partial charge in [0.05, 0.1) is 18.7 Å². The summed E-state index contributed by atoms with van der Waals surface area (Å²) in [6, 6.07) is 0.322. The molecule has 7 heteroatoms. The fraction of sp³-hybridized carbons (Fsp3) is 0.333. The Morgan fingerprint density at radius 1 is 1.69 bits per heavy atom. The van der Waals surface area contributed by atoms with Gasteiger partial charge in [-0.1, -0.05) is 11.6 Å². The van der Waals surface area contributed by atoms with Crippen molar-refractivity contribution in [2.45, 2.75) is 6.04 Å². The maximum absolute atomic E-state index is 11.5. The molecule has 0 radical (unpaired) electrons. The van der Waals surface area contributed by atoms with E-state index in [2.05, 4.69) is 15.0 Å². The maximum Gasteiger partial charge on any atom is 0.330 e. The van der Waals surface area contributed by atoms with Crippen LogP contribution in [0.1, 0.15) is 10.5 Å². The number of aromatic amines is 1. The van der Waals surface area contributed by atoms with E-state index < -0.39 is 24.5 Å². The minimum atomic E-state index is -1.08. The second kappa shape index (κ2) is 5.53. The van der Waals surface area contributed by atoms with E-state index in [9.17, 15) is 9.59 Å². The summed E-state index contributed by atoms with van der Waals surface area (Å²) in [5.74, 6) is -1.26. The van der Waals surface area contributed by atoms with Crippen molar-refractivity contribution in [2.24, 2.45) is 0 Å². The van der Waals surface area contributed by atoms with Gasteiger partial charge in [-0.3, -0.25) is 4.79 Å². The Morgan fingerprint density at radius 3 is 2.81 bits per heavy atom. The second-order valence-electron chi connectivity index (χ2n) is 2.96. The zero-order valence-electron chi connectivity index (χ0n) is 8.49. The van der Waals surface area contributed by atoms with Crippen molar-refractivity contribution >= 4 is 23.5 Å². The van der Waals surface area contributed by atoms with Gasteiger partial charge in [0.1, 0.15) is 5.69 Å². The fourth-order valence-corrected chi connectivity index (χ4v) is 1.22. The molecule has 0 aliphatic carbocycles. The smallest absolute Gasteiger partial charge is 0.330 e. The highest BCUT2D eigenvalue weighted by Crippen LogP contribution is 2.09. The normalized spacial score (nSPS) is 11.9. The largest absolute Gasteiger partial charge is 0.467 e. The number of aliphatic hydroxyl groups excluding tert-OH is 1. The van der Waals surface area contributed by atoms with Gasteiger partial charge in [-0.25, -0.2) is 4.79 Å². The quantitative estimate of drug-likeness (QED) is 0.649. The van der Waals surface area contributed by atoms with Crippen molar-refractivity contribution in [2.75, 3.05) is 13.7 Å². The SMILES string of the molecule is COC(=O)C(CO)NC(=O)c1cc(Cl)c[nH]1. The van der Waals surface area contributed by atoms with Crippen LogP contribution in [0.5, 0.6) is 0 Å². The Labute approximate surface area is 96.5 Å². The number of methoxy groups -OCH3 is 1. The van der Waals surface area contributed by atoms with E-state index in [-0.39, 0.29) is 5.69 Å². The standard InChI is InChI=1S/C9H11ClN2O4/c1-16-9(15)7(4-13)12-8(14)6-2-5(10)3-11-6/h2-3,7,11,13H,4H2,1H3,(H,12,14). The lowest BCUT2D eigenvalue weighted by molar-refractivity contribution is -0.143. The first-order chi connectivity index (χ1) is 7.58. The summed E-state index contributed by atoms with van der Waals surface area (Å²) in [5, 5.41) is 11.5. The van der Waals surface area contributed by atoms with Gasteiger partial charge < -0.3 is 20.1 Å². The molecule has 88 valence electrons. The molecular weight excluding hydrogens is 236 g/mol. The number of esters is 1. The molecule has 0 aliphatic rings. The topological polar surface area (TPSA) is 91.4 Å². The Morgan fingerprint density at radius 2 is 2.38 bits per heavy atom. The molecule has 1 aromatic heterocycles. The van der Waals surface area contributed by atoms with Crippen LogP contribution in [0.4, 0.5) is 0 Å². The van der Waals surface area contributed by atoms with Gasteiger partial charge in [-0.2, -0.15) is 0 Å². The van der Waals surface area contributed by atoms with Gasteiger partial charge in [0.25, 0.3) is 5.91 Å². The van der Waals surface area contributed by atoms with Gasteiger partial charge in [0, 0.05) is 6.20 Å². The zero-order valence-corrected chi connectivity index (χ0v) is 9.25. The van der Waals surface area contributed by atoms with Crippen LogP contribution in [-0.4, -0.2) is 41.7 Å². The number of aromatic nitrogens is 1. The highest BCUT2D eigenvalue weighted by molar-refractivity contribution is 6.30. The predicted molar refractivity (Wildman–Crippen MR) is 56.2 cm³/mol. The lowest BCUT2D eigenvalue weighted by Crippen LogP contribution is -2.44. The minimum Gasteiger partial charge on any atom is -0.467 e. The van der Waals surface area contributed by atoms with Crippen molar-refractivity contribution in [3.05, 3.63) is 23.0 Å². The fourth-order valence-electron chi connectivity index (χ4n) is 1.06. The molecule has 1 unspecified atom stereocenters. The number of amides is 1. The lowest BCUT2D eigenvalue weighted by Gasteiger charge is -2.12. The summed E-state index contributed by atoms with van der Waals surface area (Å²) in [6.07, 6.45) is 1.43. The van der Waals surface area contributed by atoms with E-state index in [1.807, 2.05) is 0 Å². The molecule has 1 heterocycles. The average Bonchev–Trinajstić information content (AvgIpc) is 2.71. The number of H-pyrrole nitrogens is 1. The predicted octanol–water partition coefficient (Wildman–Crippen LogP) is -0.0682. The summed E-state index contributed by atoms with van der Waals surface area (Å²) in [5.41, 5.74) is 0.201. The molecule has 6 nitrogen and oxygen atoms in total. The molecule has 1 atom stereocenters. The molecule has 1 rings (SSSR count). The third kappa shape index (κ3) is 2.98.